The lowest BCUT2D eigenvalue weighted by molar-refractivity contribution is -0.117. The fourth-order valence-electron chi connectivity index (χ4n) is 2.53. The molecule has 0 aliphatic rings. The van der Waals surface area contributed by atoms with Crippen LogP contribution in [0.15, 0.2) is 52.4 Å². The predicted octanol–water partition coefficient (Wildman–Crippen LogP) is 4.48. The molecule has 0 saturated heterocycles. The Balaban J connectivity index is 1.69. The number of rotatable bonds is 6. The van der Waals surface area contributed by atoms with Crippen LogP contribution in [0.2, 0.25) is 0 Å². The quantitative estimate of drug-likeness (QED) is 0.583. The summed E-state index contributed by atoms with van der Waals surface area (Å²) >= 11 is 2.95. The Morgan fingerprint density at radius 2 is 2.04 bits per heavy atom. The lowest BCUT2D eigenvalue weighted by Crippen LogP contribution is -2.15. The van der Waals surface area contributed by atoms with E-state index in [9.17, 15) is 9.18 Å². The van der Waals surface area contributed by atoms with Gasteiger partial charge in [0.15, 0.2) is 4.80 Å². The Hall–Kier alpha value is -2.12. The molecule has 0 spiro atoms. The Morgan fingerprint density at radius 3 is 2.73 bits per heavy atom. The van der Waals surface area contributed by atoms with Gasteiger partial charge in [0.25, 0.3) is 0 Å². The van der Waals surface area contributed by atoms with Gasteiger partial charge in [-0.3, -0.25) is 4.79 Å². The topological polar surface area (TPSA) is 43.6 Å². The van der Waals surface area contributed by atoms with Crippen LogP contribution in [0.1, 0.15) is 13.3 Å². The van der Waals surface area contributed by atoms with E-state index in [1.54, 1.807) is 24.9 Å². The van der Waals surface area contributed by atoms with Crippen molar-refractivity contribution in [1.29, 1.82) is 0 Å². The van der Waals surface area contributed by atoms with E-state index in [0.717, 1.165) is 20.9 Å². The van der Waals surface area contributed by atoms with E-state index in [1.807, 2.05) is 35.8 Å². The fourth-order valence-corrected chi connectivity index (χ4v) is 4.51. The molecule has 0 radical (unpaired) electrons. The highest BCUT2D eigenvalue weighted by Crippen LogP contribution is 2.22. The third-order valence-electron chi connectivity index (χ3n) is 3.83. The maximum absolute atomic E-state index is 13.4. The van der Waals surface area contributed by atoms with Gasteiger partial charge in [-0.2, -0.15) is 4.99 Å². The molecular formula is C19H19FN2O2S2. The summed E-state index contributed by atoms with van der Waals surface area (Å²) < 4.78 is 21.3. The third kappa shape index (κ3) is 4.34. The number of methoxy groups -OCH3 is 1. The van der Waals surface area contributed by atoms with Crippen LogP contribution < -0.4 is 9.54 Å². The number of ether oxygens (including phenoxy) is 1. The van der Waals surface area contributed by atoms with Gasteiger partial charge in [0.2, 0.25) is 5.91 Å². The summed E-state index contributed by atoms with van der Waals surface area (Å²) in [5.41, 5.74) is 0.901. The van der Waals surface area contributed by atoms with Gasteiger partial charge in [-0.05, 0) is 49.4 Å². The first-order valence-electron chi connectivity index (χ1n) is 8.24. The van der Waals surface area contributed by atoms with Crippen LogP contribution in [0.4, 0.5) is 4.39 Å². The van der Waals surface area contributed by atoms with E-state index in [4.69, 9.17) is 4.74 Å². The highest BCUT2D eigenvalue weighted by molar-refractivity contribution is 7.99. The van der Waals surface area contributed by atoms with Gasteiger partial charge in [0.1, 0.15) is 11.6 Å². The van der Waals surface area contributed by atoms with Crippen LogP contribution in [-0.2, 0) is 11.3 Å². The van der Waals surface area contributed by atoms with E-state index < -0.39 is 0 Å². The van der Waals surface area contributed by atoms with E-state index in [0.29, 0.717) is 23.5 Å². The van der Waals surface area contributed by atoms with Gasteiger partial charge in [0, 0.05) is 23.6 Å². The van der Waals surface area contributed by atoms with E-state index in [1.165, 1.54) is 23.5 Å². The SMILES string of the molecule is CCn1c(=NC(=O)CCSc2ccc(OC)cc2)sc2cc(F)ccc21. The number of hydrogen-bond donors (Lipinski definition) is 0. The second-order valence-electron chi connectivity index (χ2n) is 5.52. The van der Waals surface area contributed by atoms with Crippen molar-refractivity contribution in [2.45, 2.75) is 24.8 Å². The number of amides is 1. The standard InChI is InChI=1S/C19H19FN2O2S2/c1-3-22-16-9-4-13(20)12-17(16)26-19(22)21-18(23)10-11-25-15-7-5-14(24-2)6-8-15/h4-9,12H,3,10-11H2,1-2H3. The number of aromatic nitrogens is 1. The van der Waals surface area contributed by atoms with Crippen molar-refractivity contribution in [3.05, 3.63) is 53.1 Å². The van der Waals surface area contributed by atoms with E-state index >= 15 is 0 Å². The van der Waals surface area contributed by atoms with Gasteiger partial charge < -0.3 is 9.30 Å². The van der Waals surface area contributed by atoms with Gasteiger partial charge in [-0.25, -0.2) is 4.39 Å². The number of hydrogen-bond acceptors (Lipinski definition) is 4. The zero-order chi connectivity index (χ0) is 18.5. The summed E-state index contributed by atoms with van der Waals surface area (Å²) in [6.45, 7) is 2.66. The Morgan fingerprint density at radius 1 is 1.27 bits per heavy atom. The summed E-state index contributed by atoms with van der Waals surface area (Å²) in [5.74, 6) is 1.02. The van der Waals surface area contributed by atoms with Crippen molar-refractivity contribution < 1.29 is 13.9 Å². The smallest absolute Gasteiger partial charge is 0.249 e. The van der Waals surface area contributed by atoms with Crippen LogP contribution in [0.25, 0.3) is 10.2 Å². The molecule has 1 heterocycles. The molecule has 26 heavy (non-hydrogen) atoms. The summed E-state index contributed by atoms with van der Waals surface area (Å²) in [5, 5.41) is 0. The number of nitrogens with zero attached hydrogens (tertiary/aromatic N) is 2. The monoisotopic (exact) mass is 390 g/mol. The molecule has 0 aliphatic heterocycles. The first kappa shape index (κ1) is 18.7. The van der Waals surface area contributed by atoms with Gasteiger partial charge in [-0.1, -0.05) is 11.3 Å². The van der Waals surface area contributed by atoms with Crippen LogP contribution >= 0.6 is 23.1 Å². The molecule has 0 bridgehead atoms. The average Bonchev–Trinajstić information content (AvgIpc) is 2.98. The lowest BCUT2D eigenvalue weighted by atomic mass is 10.3. The van der Waals surface area contributed by atoms with E-state index in [2.05, 4.69) is 4.99 Å². The zero-order valence-corrected chi connectivity index (χ0v) is 16.2. The predicted molar refractivity (Wildman–Crippen MR) is 104 cm³/mol. The molecule has 1 aromatic heterocycles. The zero-order valence-electron chi connectivity index (χ0n) is 14.6. The molecule has 3 aromatic rings. The van der Waals surface area contributed by atoms with Crippen molar-refractivity contribution in [1.82, 2.24) is 4.57 Å². The molecule has 0 unspecified atom stereocenters. The normalized spacial score (nSPS) is 11.9. The summed E-state index contributed by atoms with van der Waals surface area (Å²) in [6, 6.07) is 12.4. The second kappa shape index (κ2) is 8.51. The highest BCUT2D eigenvalue weighted by atomic mass is 32.2. The first-order chi connectivity index (χ1) is 12.6. The molecule has 0 atom stereocenters. The molecule has 3 rings (SSSR count). The molecular weight excluding hydrogens is 371 g/mol. The molecule has 0 fully saturated rings. The fraction of sp³-hybridized carbons (Fsp3) is 0.263. The molecule has 0 N–H and O–H groups in total. The lowest BCUT2D eigenvalue weighted by Gasteiger charge is -2.02. The van der Waals surface area contributed by atoms with Crippen molar-refractivity contribution in [3.8, 4) is 5.75 Å². The maximum Gasteiger partial charge on any atom is 0.249 e. The maximum atomic E-state index is 13.4. The summed E-state index contributed by atoms with van der Waals surface area (Å²) in [6.07, 6.45) is 0.350. The minimum Gasteiger partial charge on any atom is -0.497 e. The number of thioether (sulfide) groups is 1. The summed E-state index contributed by atoms with van der Waals surface area (Å²) in [7, 11) is 1.63. The van der Waals surface area contributed by atoms with Crippen molar-refractivity contribution in [2.24, 2.45) is 4.99 Å². The Kier molecular flexibility index (Phi) is 6.11. The van der Waals surface area contributed by atoms with Crippen molar-refractivity contribution >= 4 is 39.2 Å². The van der Waals surface area contributed by atoms with Crippen molar-refractivity contribution in [3.63, 3.8) is 0 Å². The number of carbonyl (C=O) groups excluding carboxylic acids is 1. The minimum absolute atomic E-state index is 0.166. The van der Waals surface area contributed by atoms with Gasteiger partial charge >= 0.3 is 0 Å². The molecule has 1 amide bonds. The molecule has 0 saturated carbocycles. The number of aryl methyl sites for hydroxylation is 1. The largest absolute Gasteiger partial charge is 0.497 e. The molecule has 136 valence electrons. The van der Waals surface area contributed by atoms with E-state index in [-0.39, 0.29) is 11.7 Å². The Labute approximate surface area is 159 Å². The summed E-state index contributed by atoms with van der Waals surface area (Å²) in [4.78, 5) is 18.2. The number of benzene rings is 2. The van der Waals surface area contributed by atoms with Crippen LogP contribution in [0.5, 0.6) is 5.75 Å². The first-order valence-corrected chi connectivity index (χ1v) is 10.0. The number of carbonyl (C=O) groups is 1. The molecule has 0 aliphatic carbocycles. The van der Waals surface area contributed by atoms with Crippen LogP contribution in [-0.4, -0.2) is 23.3 Å². The van der Waals surface area contributed by atoms with Gasteiger partial charge in [0.05, 0.1) is 17.3 Å². The number of halogens is 1. The number of thiazole rings is 1. The van der Waals surface area contributed by atoms with Crippen LogP contribution in [0, 0.1) is 5.82 Å². The molecule has 2 aromatic carbocycles. The Bertz CT molecular complexity index is 977. The third-order valence-corrected chi connectivity index (χ3v) is 5.88. The average molecular weight is 391 g/mol. The van der Waals surface area contributed by atoms with Crippen molar-refractivity contribution in [2.75, 3.05) is 12.9 Å². The molecule has 4 nitrogen and oxygen atoms in total. The minimum atomic E-state index is -0.282. The highest BCUT2D eigenvalue weighted by Gasteiger charge is 2.08. The second-order valence-corrected chi connectivity index (χ2v) is 7.70. The van der Waals surface area contributed by atoms with Gasteiger partial charge in [-0.15, -0.1) is 11.8 Å². The number of fused-ring (bicyclic) bond motifs is 1. The van der Waals surface area contributed by atoms with Crippen LogP contribution in [0.3, 0.4) is 0 Å². The molecule has 7 heteroatoms.